The Balaban J connectivity index is 0.00000264. The quantitative estimate of drug-likeness (QED) is 0.833. The number of ether oxygens (including phenoxy) is 1. The number of hydrogen-bond acceptors (Lipinski definition) is 4. The van der Waals surface area contributed by atoms with Gasteiger partial charge in [0.25, 0.3) is 0 Å². The zero-order valence-electron chi connectivity index (χ0n) is 13.2. The van der Waals surface area contributed by atoms with Crippen LogP contribution >= 0.6 is 24.8 Å². The normalized spacial score (nSPS) is 12.2. The molecule has 0 radical (unpaired) electrons. The van der Waals surface area contributed by atoms with Crippen LogP contribution in [-0.4, -0.2) is 16.9 Å². The van der Waals surface area contributed by atoms with Gasteiger partial charge in [-0.3, -0.25) is 4.79 Å². The van der Waals surface area contributed by atoms with Gasteiger partial charge in [0.05, 0.1) is 17.8 Å². The monoisotopic (exact) mass is 375 g/mol. The number of halogens is 3. The first-order valence-corrected chi connectivity index (χ1v) is 6.91. The molecule has 1 amide bonds. The zero-order chi connectivity index (χ0) is 16.1. The Morgan fingerprint density at radius 1 is 1.17 bits per heavy atom. The lowest BCUT2D eigenvalue weighted by molar-refractivity contribution is -0.119. The molecule has 2 aromatic rings. The highest BCUT2D eigenvalue weighted by Gasteiger charge is 2.17. The van der Waals surface area contributed by atoms with Crippen molar-refractivity contribution in [1.29, 1.82) is 0 Å². The van der Waals surface area contributed by atoms with E-state index in [4.69, 9.17) is 10.5 Å². The van der Waals surface area contributed by atoms with Crippen molar-refractivity contribution >= 4 is 36.4 Å². The Morgan fingerprint density at radius 3 is 2.29 bits per heavy atom. The van der Waals surface area contributed by atoms with E-state index in [9.17, 15) is 9.18 Å². The van der Waals surface area contributed by atoms with Crippen molar-refractivity contribution in [3.63, 3.8) is 0 Å². The van der Waals surface area contributed by atoms with Crippen molar-refractivity contribution in [1.82, 2.24) is 4.98 Å². The van der Waals surface area contributed by atoms with E-state index in [1.54, 1.807) is 26.0 Å². The topological polar surface area (TPSA) is 77.2 Å². The third-order valence-electron chi connectivity index (χ3n) is 3.24. The second kappa shape index (κ2) is 10.1. The summed E-state index contributed by atoms with van der Waals surface area (Å²) >= 11 is 0. The predicted octanol–water partition coefficient (Wildman–Crippen LogP) is 3.78. The minimum atomic E-state index is -0.332. The standard InChI is InChI=1S/C16H18FN3O2.2ClH/c1-10(11(2)18)16(21)20-13-5-8-15(19-9-13)22-14-6-3-12(17)4-7-14;;/h3-11H,18H2,1-2H3,(H,20,21);2*1H. The average molecular weight is 376 g/mol. The van der Waals surface area contributed by atoms with Gasteiger partial charge in [-0.1, -0.05) is 6.92 Å². The molecule has 0 aliphatic carbocycles. The van der Waals surface area contributed by atoms with Crippen LogP contribution in [0.3, 0.4) is 0 Å². The number of aromatic nitrogens is 1. The number of nitrogens with two attached hydrogens (primary N) is 1. The van der Waals surface area contributed by atoms with Gasteiger partial charge in [-0.15, -0.1) is 24.8 Å². The van der Waals surface area contributed by atoms with Gasteiger partial charge >= 0.3 is 0 Å². The lowest BCUT2D eigenvalue weighted by atomic mass is 10.0. The highest BCUT2D eigenvalue weighted by atomic mass is 35.5. The number of nitrogens with one attached hydrogen (secondary N) is 1. The first kappa shape index (κ1) is 22.1. The molecule has 2 rings (SSSR count). The minimum absolute atomic E-state index is 0. The van der Waals surface area contributed by atoms with Crippen molar-refractivity contribution in [3.8, 4) is 11.6 Å². The molecule has 5 nitrogen and oxygen atoms in total. The van der Waals surface area contributed by atoms with Crippen LogP contribution in [0.1, 0.15) is 13.8 Å². The number of benzene rings is 1. The van der Waals surface area contributed by atoms with Gasteiger partial charge in [-0.25, -0.2) is 9.37 Å². The lowest BCUT2D eigenvalue weighted by Crippen LogP contribution is -2.34. The number of pyridine rings is 1. The van der Waals surface area contributed by atoms with Crippen molar-refractivity contribution in [3.05, 3.63) is 48.4 Å². The number of carbonyl (C=O) groups is 1. The fourth-order valence-corrected chi connectivity index (χ4v) is 1.63. The maximum absolute atomic E-state index is 12.8. The summed E-state index contributed by atoms with van der Waals surface area (Å²) in [5.74, 6) is 0.0434. The molecule has 1 heterocycles. The SMILES string of the molecule is CC(N)C(C)C(=O)Nc1ccc(Oc2ccc(F)cc2)nc1.Cl.Cl. The van der Waals surface area contributed by atoms with Crippen LogP contribution in [0.25, 0.3) is 0 Å². The molecule has 2 atom stereocenters. The Hall–Kier alpha value is -1.89. The average Bonchev–Trinajstić information content (AvgIpc) is 2.50. The molecule has 1 aromatic carbocycles. The van der Waals surface area contributed by atoms with Gasteiger partial charge in [-0.2, -0.15) is 0 Å². The van der Waals surface area contributed by atoms with Crippen LogP contribution in [0.2, 0.25) is 0 Å². The summed E-state index contributed by atoms with van der Waals surface area (Å²) < 4.78 is 18.3. The van der Waals surface area contributed by atoms with E-state index in [0.717, 1.165) is 0 Å². The minimum Gasteiger partial charge on any atom is -0.439 e. The van der Waals surface area contributed by atoms with Crippen LogP contribution in [-0.2, 0) is 4.79 Å². The third kappa shape index (κ3) is 6.31. The summed E-state index contributed by atoms with van der Waals surface area (Å²) in [6.07, 6.45) is 1.49. The lowest BCUT2D eigenvalue weighted by Gasteiger charge is -2.15. The van der Waals surface area contributed by atoms with Gasteiger partial charge in [0.2, 0.25) is 11.8 Å². The molecule has 24 heavy (non-hydrogen) atoms. The highest BCUT2D eigenvalue weighted by Crippen LogP contribution is 2.20. The van der Waals surface area contributed by atoms with Crippen molar-refractivity contribution < 1.29 is 13.9 Å². The zero-order valence-corrected chi connectivity index (χ0v) is 14.9. The van der Waals surface area contributed by atoms with Crippen LogP contribution in [0.15, 0.2) is 42.6 Å². The number of rotatable bonds is 5. The first-order valence-electron chi connectivity index (χ1n) is 6.91. The Bertz CT molecular complexity index is 637. The maximum atomic E-state index is 12.8. The number of hydrogen-bond donors (Lipinski definition) is 2. The van der Waals surface area contributed by atoms with Crippen LogP contribution in [0.5, 0.6) is 11.6 Å². The Kier molecular flexibility index (Phi) is 9.28. The molecule has 3 N–H and O–H groups in total. The number of nitrogens with zero attached hydrogens (tertiary/aromatic N) is 1. The summed E-state index contributed by atoms with van der Waals surface area (Å²) in [5, 5.41) is 2.73. The summed E-state index contributed by atoms with van der Waals surface area (Å²) in [6, 6.07) is 8.70. The largest absolute Gasteiger partial charge is 0.439 e. The molecule has 0 fully saturated rings. The predicted molar refractivity (Wildman–Crippen MR) is 96.7 cm³/mol. The van der Waals surface area contributed by atoms with Crippen molar-refractivity contribution in [2.45, 2.75) is 19.9 Å². The molecule has 132 valence electrons. The van der Waals surface area contributed by atoms with Crippen LogP contribution in [0.4, 0.5) is 10.1 Å². The van der Waals surface area contributed by atoms with E-state index >= 15 is 0 Å². The summed E-state index contributed by atoms with van der Waals surface area (Å²) in [4.78, 5) is 16.0. The molecular weight excluding hydrogens is 356 g/mol. The molecular formula is C16H20Cl2FN3O2. The Morgan fingerprint density at radius 2 is 1.79 bits per heavy atom. The number of anilines is 1. The van der Waals surface area contributed by atoms with Gasteiger partial charge in [0.15, 0.2) is 0 Å². The van der Waals surface area contributed by atoms with Gasteiger partial charge in [-0.05, 0) is 37.3 Å². The fraction of sp³-hybridized carbons (Fsp3) is 0.250. The molecule has 0 aliphatic rings. The second-order valence-electron chi connectivity index (χ2n) is 5.08. The smallest absolute Gasteiger partial charge is 0.228 e. The highest BCUT2D eigenvalue weighted by molar-refractivity contribution is 5.92. The third-order valence-corrected chi connectivity index (χ3v) is 3.24. The second-order valence-corrected chi connectivity index (χ2v) is 5.08. The first-order chi connectivity index (χ1) is 10.5. The molecule has 0 spiro atoms. The number of amides is 1. The summed E-state index contributed by atoms with van der Waals surface area (Å²) in [5.41, 5.74) is 6.25. The van der Waals surface area contributed by atoms with E-state index in [1.165, 1.54) is 30.5 Å². The number of carbonyl (C=O) groups excluding carboxylic acids is 1. The molecule has 1 aromatic heterocycles. The van der Waals surface area contributed by atoms with Crippen LogP contribution in [0, 0.1) is 11.7 Å². The van der Waals surface area contributed by atoms with Gasteiger partial charge in [0, 0.05) is 12.1 Å². The molecule has 0 saturated carbocycles. The molecule has 0 saturated heterocycles. The van der Waals surface area contributed by atoms with Crippen molar-refractivity contribution in [2.75, 3.05) is 5.32 Å². The summed E-state index contributed by atoms with van der Waals surface area (Å²) in [7, 11) is 0. The Labute approximate surface area is 152 Å². The molecule has 2 unspecified atom stereocenters. The van der Waals surface area contributed by atoms with Crippen molar-refractivity contribution in [2.24, 2.45) is 11.7 Å². The molecule has 8 heteroatoms. The van der Waals surface area contributed by atoms with E-state index in [1.807, 2.05) is 0 Å². The molecule has 0 bridgehead atoms. The van der Waals surface area contributed by atoms with E-state index in [-0.39, 0.29) is 48.5 Å². The van der Waals surface area contributed by atoms with Crippen LogP contribution < -0.4 is 15.8 Å². The summed E-state index contributed by atoms with van der Waals surface area (Å²) in [6.45, 7) is 3.54. The molecule has 0 aliphatic heterocycles. The van der Waals surface area contributed by atoms with E-state index in [2.05, 4.69) is 10.3 Å². The van der Waals surface area contributed by atoms with Gasteiger partial charge < -0.3 is 15.8 Å². The van der Waals surface area contributed by atoms with E-state index in [0.29, 0.717) is 17.3 Å². The van der Waals surface area contributed by atoms with Gasteiger partial charge in [0.1, 0.15) is 11.6 Å². The fourth-order valence-electron chi connectivity index (χ4n) is 1.63. The van der Waals surface area contributed by atoms with E-state index < -0.39 is 0 Å². The maximum Gasteiger partial charge on any atom is 0.228 e.